The number of quaternary nitrogens is 1. The Hall–Kier alpha value is -0.600. The van der Waals surface area contributed by atoms with E-state index in [0.29, 0.717) is 0 Å². The molecule has 0 radical (unpaired) electrons. The predicted octanol–water partition coefficient (Wildman–Crippen LogP) is 3.78. The van der Waals surface area contributed by atoms with Crippen LogP contribution in [0.4, 0.5) is 0 Å². The maximum atomic E-state index is 2.39. The summed E-state index contributed by atoms with van der Waals surface area (Å²) in [6.07, 6.45) is 7.66. The first-order chi connectivity index (χ1) is 7.55. The maximum absolute atomic E-state index is 2.39. The van der Waals surface area contributed by atoms with Crippen LogP contribution in [-0.4, -0.2) is 31.7 Å². The van der Waals surface area contributed by atoms with Crippen LogP contribution in [-0.2, 0) is 0 Å². The first kappa shape index (κ1) is 11.9. The van der Waals surface area contributed by atoms with Crippen molar-refractivity contribution in [3.63, 3.8) is 0 Å². The minimum absolute atomic E-state index is 0.847. The van der Waals surface area contributed by atoms with Gasteiger partial charge in [-0.15, -0.1) is 0 Å². The molecule has 1 heterocycles. The van der Waals surface area contributed by atoms with Gasteiger partial charge in [-0.1, -0.05) is 11.6 Å². The molecule has 1 saturated carbocycles. The van der Waals surface area contributed by atoms with E-state index in [1.807, 2.05) is 0 Å². The summed E-state index contributed by atoms with van der Waals surface area (Å²) in [6, 6.07) is 3.06. The van der Waals surface area contributed by atoms with E-state index in [4.69, 9.17) is 0 Å². The van der Waals surface area contributed by atoms with Gasteiger partial charge in [0.25, 0.3) is 0 Å². The lowest BCUT2D eigenvalue weighted by Crippen LogP contribution is -2.46. The third-order valence-electron chi connectivity index (χ3n) is 3.61. The Labute approximate surface area is 103 Å². The van der Waals surface area contributed by atoms with E-state index in [2.05, 4.69) is 44.0 Å². The molecule has 0 unspecified atom stereocenters. The summed E-state index contributed by atoms with van der Waals surface area (Å²) in [6.45, 7) is 0. The van der Waals surface area contributed by atoms with Gasteiger partial charge in [0.15, 0.2) is 0 Å². The summed E-state index contributed by atoms with van der Waals surface area (Å²) in [5.41, 5.74) is 3.03. The molecule has 1 nitrogen and oxygen atoms in total. The Morgan fingerprint density at radius 2 is 1.94 bits per heavy atom. The Bertz CT molecular complexity index is 347. The topological polar surface area (TPSA) is 0 Å². The molecule has 0 aliphatic heterocycles. The molecule has 0 saturated heterocycles. The van der Waals surface area contributed by atoms with Crippen LogP contribution < -0.4 is 0 Å². The highest BCUT2D eigenvalue weighted by molar-refractivity contribution is 7.08. The van der Waals surface area contributed by atoms with Crippen LogP contribution in [0.1, 0.15) is 31.2 Å². The zero-order valence-electron chi connectivity index (χ0n) is 10.6. The van der Waals surface area contributed by atoms with E-state index < -0.39 is 0 Å². The van der Waals surface area contributed by atoms with Crippen LogP contribution in [0, 0.1) is 0 Å². The maximum Gasteiger partial charge on any atom is 0.0890 e. The summed E-state index contributed by atoms with van der Waals surface area (Å²) >= 11 is 1.79. The van der Waals surface area contributed by atoms with Gasteiger partial charge in [-0.2, -0.15) is 11.3 Å². The van der Waals surface area contributed by atoms with Crippen molar-refractivity contribution < 1.29 is 4.48 Å². The van der Waals surface area contributed by atoms with Gasteiger partial charge in [-0.05, 0) is 35.2 Å². The quantitative estimate of drug-likeness (QED) is 0.686. The van der Waals surface area contributed by atoms with Crippen molar-refractivity contribution in [1.82, 2.24) is 0 Å². The zero-order valence-corrected chi connectivity index (χ0v) is 11.4. The van der Waals surface area contributed by atoms with Crippen molar-refractivity contribution in [2.24, 2.45) is 0 Å². The number of allylic oxidation sites excluding steroid dienone is 1. The predicted molar refractivity (Wildman–Crippen MR) is 72.6 cm³/mol. The first-order valence-electron chi connectivity index (χ1n) is 6.08. The fourth-order valence-corrected chi connectivity index (χ4v) is 3.10. The zero-order chi connectivity index (χ0) is 11.6. The Morgan fingerprint density at radius 3 is 2.44 bits per heavy atom. The highest BCUT2D eigenvalue weighted by atomic mass is 32.1. The second-order valence-corrected chi connectivity index (χ2v) is 6.49. The van der Waals surface area contributed by atoms with Gasteiger partial charge in [0.2, 0.25) is 0 Å². The van der Waals surface area contributed by atoms with Crippen molar-refractivity contribution in [3.8, 4) is 0 Å². The second kappa shape index (κ2) is 4.72. The normalized spacial score (nSPS) is 22.2. The van der Waals surface area contributed by atoms with E-state index in [0.717, 1.165) is 10.5 Å². The lowest BCUT2D eigenvalue weighted by atomic mass is 9.88. The molecule has 0 amide bonds. The highest BCUT2D eigenvalue weighted by Crippen LogP contribution is 2.29. The van der Waals surface area contributed by atoms with Crippen molar-refractivity contribution in [2.75, 3.05) is 21.1 Å². The number of thiophene rings is 1. The number of nitrogens with zero attached hydrogens (tertiary/aromatic N) is 1. The SMILES string of the molecule is C[N+](C)(C)C1CCC(=Cc2ccsc2)CC1. The second-order valence-electron chi connectivity index (χ2n) is 5.71. The lowest BCUT2D eigenvalue weighted by Gasteiger charge is -2.37. The van der Waals surface area contributed by atoms with Gasteiger partial charge in [0.05, 0.1) is 27.2 Å². The van der Waals surface area contributed by atoms with Crippen molar-refractivity contribution >= 4 is 17.4 Å². The molecule has 0 atom stereocenters. The molecular weight excluding hydrogens is 214 g/mol. The molecule has 2 heteroatoms. The van der Waals surface area contributed by atoms with Crippen LogP contribution in [0.5, 0.6) is 0 Å². The fourth-order valence-electron chi connectivity index (χ4n) is 2.49. The summed E-state index contributed by atoms with van der Waals surface area (Å²) < 4.78 is 1.12. The average Bonchev–Trinajstić information content (AvgIpc) is 2.70. The molecule has 1 aromatic rings. The molecule has 1 fully saturated rings. The number of hydrogen-bond donors (Lipinski definition) is 0. The van der Waals surface area contributed by atoms with Crippen LogP contribution in [0.15, 0.2) is 22.4 Å². The van der Waals surface area contributed by atoms with Crippen LogP contribution in [0.2, 0.25) is 0 Å². The molecule has 88 valence electrons. The van der Waals surface area contributed by atoms with E-state index in [-0.39, 0.29) is 0 Å². The summed E-state index contributed by atoms with van der Waals surface area (Å²) in [5.74, 6) is 0. The van der Waals surface area contributed by atoms with Gasteiger partial charge in [0, 0.05) is 12.8 Å². The smallest absolute Gasteiger partial charge is 0.0890 e. The molecule has 0 aromatic carbocycles. The molecular formula is C14H22NS+. The summed E-state index contributed by atoms with van der Waals surface area (Å²) in [4.78, 5) is 0. The molecule has 2 rings (SSSR count). The minimum atomic E-state index is 0.847. The van der Waals surface area contributed by atoms with Gasteiger partial charge in [-0.25, -0.2) is 0 Å². The van der Waals surface area contributed by atoms with Crippen LogP contribution >= 0.6 is 11.3 Å². The van der Waals surface area contributed by atoms with Crippen LogP contribution in [0.3, 0.4) is 0 Å². The third-order valence-corrected chi connectivity index (χ3v) is 4.31. The highest BCUT2D eigenvalue weighted by Gasteiger charge is 2.27. The molecule has 0 N–H and O–H groups in total. The average molecular weight is 236 g/mol. The molecule has 0 spiro atoms. The summed E-state index contributed by atoms with van der Waals surface area (Å²) in [5, 5.41) is 4.39. The third kappa shape index (κ3) is 2.96. The summed E-state index contributed by atoms with van der Waals surface area (Å²) in [7, 11) is 6.95. The molecule has 1 aliphatic carbocycles. The number of rotatable bonds is 2. The van der Waals surface area contributed by atoms with Crippen molar-refractivity contribution in [3.05, 3.63) is 28.0 Å². The fraction of sp³-hybridized carbons (Fsp3) is 0.571. The molecule has 0 bridgehead atoms. The largest absolute Gasteiger partial charge is 0.328 e. The minimum Gasteiger partial charge on any atom is -0.328 e. The Morgan fingerprint density at radius 1 is 1.25 bits per heavy atom. The first-order valence-corrected chi connectivity index (χ1v) is 7.03. The van der Waals surface area contributed by atoms with Crippen LogP contribution in [0.25, 0.3) is 6.08 Å². The molecule has 1 aliphatic rings. The van der Waals surface area contributed by atoms with Gasteiger partial charge >= 0.3 is 0 Å². The van der Waals surface area contributed by atoms with E-state index in [1.54, 1.807) is 16.9 Å². The Balaban J connectivity index is 1.95. The van der Waals surface area contributed by atoms with Gasteiger partial charge in [0.1, 0.15) is 0 Å². The van der Waals surface area contributed by atoms with Gasteiger partial charge in [-0.3, -0.25) is 0 Å². The lowest BCUT2D eigenvalue weighted by molar-refractivity contribution is -0.897. The standard InChI is InChI=1S/C14H22NS/c1-15(2,3)14-6-4-12(5-7-14)10-13-8-9-16-11-13/h8-11,14H,4-7H2,1-3H3/q+1. The van der Waals surface area contributed by atoms with Gasteiger partial charge < -0.3 is 4.48 Å². The van der Waals surface area contributed by atoms with Crippen molar-refractivity contribution in [2.45, 2.75) is 31.7 Å². The molecule has 16 heavy (non-hydrogen) atoms. The number of hydrogen-bond acceptors (Lipinski definition) is 1. The van der Waals surface area contributed by atoms with Crippen molar-refractivity contribution in [1.29, 1.82) is 0 Å². The van der Waals surface area contributed by atoms with E-state index in [9.17, 15) is 0 Å². The van der Waals surface area contributed by atoms with E-state index in [1.165, 1.54) is 31.2 Å². The molecule has 1 aromatic heterocycles. The van der Waals surface area contributed by atoms with E-state index >= 15 is 0 Å². The Kier molecular flexibility index (Phi) is 3.50. The monoisotopic (exact) mass is 236 g/mol.